The Kier molecular flexibility index (Phi) is 35.4. The molecule has 115 heavy (non-hydrogen) atoms. The summed E-state index contributed by atoms with van der Waals surface area (Å²) in [6.07, 6.45) is -6.30. The van der Waals surface area contributed by atoms with Crippen molar-refractivity contribution in [1.29, 1.82) is 0 Å². The third kappa shape index (κ3) is 27.9. The molecule has 16 amide bonds. The number of nitrogens with two attached hydrogens (primary N) is 3. The molecule has 0 saturated carbocycles. The molecule has 2 saturated heterocycles. The highest BCUT2D eigenvalue weighted by molar-refractivity contribution is 8.00. The standard InChI is InChI=1S/C79H106N16O19S/c1-42(2)65-75(110)87-55(38-62(81)100)72(107)92-67(47(7)97)76(111)91-66(46(6)96)60(98)34-43(3)77(112)94(9)59(37-49-22-15-11-16-23-49)74(109)88-56(36-50-27-29-52(30-28-50)51-24-17-12-18-25-51)79(114)93(8)45(5)68(103)86-53(31-32-61(80)99)70(105)84-44(4)78(113)95-33-19-26-58(95)73(108)89-57(69(104)83-39-63(82)101)40-115-41-64(102)85-54(71(106)90-65)35-48-20-13-10-14-21-48/h10-18,20-25,27-30,42-47,53-59,65-67,96-97H,19,26,31-41H2,1-9H3,(H2,80,99)(H2,81,100)(H2,82,101)(H,83,104)(H,84,105)(H,85,102)(H,86,103)(H,87,110)(H,88,109)(H,89,108)(H,90,106)(H,91,111)(H,92,107)/t43-,44+,45+,46-,47-,53+,54+,55+,56+,57+,58+,59+,65+,66+,67+/m1/s1. The van der Waals surface area contributed by atoms with Crippen molar-refractivity contribution < 1.29 is 91.7 Å². The lowest BCUT2D eigenvalue weighted by molar-refractivity contribution is -0.145. The molecule has 2 aliphatic rings. The van der Waals surface area contributed by atoms with Crippen molar-refractivity contribution in [2.24, 2.45) is 29.0 Å². The molecular weight excluding hydrogens is 1510 g/mol. The molecule has 4 aromatic rings. The summed E-state index contributed by atoms with van der Waals surface area (Å²) in [6, 6.07) is 14.1. The van der Waals surface area contributed by atoms with E-state index in [1.807, 2.05) is 30.3 Å². The van der Waals surface area contributed by atoms with Gasteiger partial charge in [-0.1, -0.05) is 136 Å². The van der Waals surface area contributed by atoms with Crippen LogP contribution in [0.1, 0.15) is 104 Å². The minimum absolute atomic E-state index is 0.0275. The highest BCUT2D eigenvalue weighted by atomic mass is 32.2. The molecule has 0 radical (unpaired) electrons. The van der Waals surface area contributed by atoms with Gasteiger partial charge in [0, 0.05) is 64.4 Å². The van der Waals surface area contributed by atoms with E-state index in [1.54, 1.807) is 84.9 Å². The Morgan fingerprint density at radius 3 is 1.59 bits per heavy atom. The maximum absolute atomic E-state index is 15.2. The molecule has 2 fully saturated rings. The number of thioether (sulfide) groups is 1. The van der Waals surface area contributed by atoms with E-state index in [1.165, 1.54) is 48.7 Å². The van der Waals surface area contributed by atoms with Crippen LogP contribution in [0.15, 0.2) is 115 Å². The maximum atomic E-state index is 15.2. The minimum atomic E-state index is -2.00. The lowest BCUT2D eigenvalue weighted by Gasteiger charge is -2.33. The Labute approximate surface area is 670 Å². The summed E-state index contributed by atoms with van der Waals surface area (Å²) >= 11 is 0.795. The lowest BCUT2D eigenvalue weighted by Crippen LogP contribution is -2.62. The summed E-state index contributed by atoms with van der Waals surface area (Å²) in [4.78, 5) is 242. The van der Waals surface area contributed by atoms with E-state index in [-0.39, 0.29) is 44.4 Å². The van der Waals surface area contributed by atoms with Crippen LogP contribution < -0.4 is 70.4 Å². The van der Waals surface area contributed by atoms with Crippen molar-refractivity contribution in [3.63, 3.8) is 0 Å². The van der Waals surface area contributed by atoms with Gasteiger partial charge in [-0.2, -0.15) is 0 Å². The SMILES string of the molecule is CC(C)[C@@H]1NC(=O)[C@H](Cc2ccccc2)NC(=O)CSC[C@@H](C(=O)NCC(N)=O)NC(=O)[C@@H]2CCCN2C(=O)[C@H](C)NC(=O)[C@H](CCC(N)=O)NC(=O)[C@H](C)N(C)C(=O)[C@H](Cc2ccc(-c3ccccc3)cc2)NC(=O)[C@H](Cc2ccccc2)N(C)C(=O)[C@H](C)CC(=O)[C@H]([C@@H](C)O)NC(=O)[C@H]([C@@H](C)O)NC(=O)[C@H](CC(N)=O)NC1=O. The molecule has 0 spiro atoms. The zero-order valence-corrected chi connectivity index (χ0v) is 66.5. The Balaban J connectivity index is 1.39. The number of rotatable bonds is 18. The topological polar surface area (TPSA) is 539 Å². The highest BCUT2D eigenvalue weighted by Crippen LogP contribution is 2.24. The van der Waals surface area contributed by atoms with Crippen molar-refractivity contribution in [2.75, 3.05) is 38.7 Å². The molecule has 35 nitrogen and oxygen atoms in total. The van der Waals surface area contributed by atoms with Crippen LogP contribution in [0.5, 0.6) is 0 Å². The third-order valence-corrected chi connectivity index (χ3v) is 20.7. The maximum Gasteiger partial charge on any atom is 0.245 e. The quantitative estimate of drug-likeness (QED) is 0.0470. The number of benzene rings is 4. The number of aliphatic hydroxyl groups is 2. The highest BCUT2D eigenvalue weighted by Gasteiger charge is 2.43. The average Bonchev–Trinajstić information content (AvgIpc) is 1.82. The molecule has 2 heterocycles. The molecule has 0 aliphatic carbocycles. The van der Waals surface area contributed by atoms with Crippen LogP contribution in [0.4, 0.5) is 0 Å². The molecular formula is C79H106N16O19S. The number of likely N-dealkylation sites (N-methyl/N-ethyl adjacent to an activating group) is 2. The Morgan fingerprint density at radius 1 is 0.504 bits per heavy atom. The fourth-order valence-corrected chi connectivity index (χ4v) is 13.8. The molecule has 0 unspecified atom stereocenters. The van der Waals surface area contributed by atoms with E-state index in [9.17, 15) is 82.1 Å². The number of hydrogen-bond acceptors (Lipinski definition) is 20. The molecule has 6 rings (SSSR count). The summed E-state index contributed by atoms with van der Waals surface area (Å²) in [5.41, 5.74) is 19.7. The van der Waals surface area contributed by atoms with E-state index in [4.69, 9.17) is 17.2 Å². The van der Waals surface area contributed by atoms with Crippen molar-refractivity contribution >= 4 is 112 Å². The van der Waals surface area contributed by atoms with Crippen LogP contribution in [-0.2, 0) is 101 Å². The van der Waals surface area contributed by atoms with Gasteiger partial charge >= 0.3 is 0 Å². The number of nitrogens with one attached hydrogen (secondary N) is 10. The van der Waals surface area contributed by atoms with Crippen LogP contribution in [0.25, 0.3) is 11.1 Å². The summed E-state index contributed by atoms with van der Waals surface area (Å²) in [6.45, 7) is 8.50. The number of carbonyl (C=O) groups excluding carboxylic acids is 17. The number of amides is 16. The van der Waals surface area contributed by atoms with Crippen molar-refractivity contribution in [3.05, 3.63) is 132 Å². The Hall–Kier alpha value is -11.7. The zero-order chi connectivity index (χ0) is 85.1. The van der Waals surface area contributed by atoms with Gasteiger partial charge in [-0.3, -0.25) is 81.5 Å². The van der Waals surface area contributed by atoms with E-state index in [2.05, 4.69) is 53.2 Å². The number of aliphatic hydroxyl groups excluding tert-OH is 2. The van der Waals surface area contributed by atoms with Gasteiger partial charge in [-0.25, -0.2) is 0 Å². The van der Waals surface area contributed by atoms with Crippen LogP contribution in [0, 0.1) is 11.8 Å². The van der Waals surface area contributed by atoms with E-state index in [0.717, 1.165) is 51.4 Å². The van der Waals surface area contributed by atoms with Gasteiger partial charge in [0.25, 0.3) is 0 Å². The molecule has 15 atom stereocenters. The molecule has 36 heteroatoms. The predicted molar refractivity (Wildman–Crippen MR) is 421 cm³/mol. The molecule has 2 aliphatic heterocycles. The van der Waals surface area contributed by atoms with Gasteiger partial charge in [0.05, 0.1) is 30.9 Å². The number of hydrogen-bond donors (Lipinski definition) is 15. The van der Waals surface area contributed by atoms with Crippen molar-refractivity contribution in [1.82, 2.24) is 67.9 Å². The van der Waals surface area contributed by atoms with E-state index < -0.39 is 235 Å². The second-order valence-electron chi connectivity index (χ2n) is 29.2. The van der Waals surface area contributed by atoms with Gasteiger partial charge in [0.2, 0.25) is 94.5 Å². The first-order valence-electron chi connectivity index (χ1n) is 37.7. The number of ketones is 1. The largest absolute Gasteiger partial charge is 0.391 e. The number of fused-ring (bicyclic) bond motifs is 1. The van der Waals surface area contributed by atoms with Gasteiger partial charge in [0.1, 0.15) is 72.5 Å². The second-order valence-corrected chi connectivity index (χ2v) is 30.2. The zero-order valence-electron chi connectivity index (χ0n) is 65.7. The first kappa shape index (κ1) is 92.2. The average molecular weight is 1620 g/mol. The van der Waals surface area contributed by atoms with Crippen LogP contribution in [0.2, 0.25) is 0 Å². The lowest BCUT2D eigenvalue weighted by atomic mass is 9.94. The van der Waals surface area contributed by atoms with Gasteiger partial charge in [-0.05, 0) is 80.7 Å². The minimum Gasteiger partial charge on any atom is -0.391 e. The third-order valence-electron chi connectivity index (χ3n) is 19.6. The first-order chi connectivity index (χ1) is 54.3. The van der Waals surface area contributed by atoms with E-state index in [0.29, 0.717) is 16.7 Å². The number of primary amides is 3. The summed E-state index contributed by atoms with van der Waals surface area (Å²) in [7, 11) is 2.55. The number of Topliss-reactive ketones (excluding diaryl/α,β-unsaturated/α-hetero) is 1. The van der Waals surface area contributed by atoms with E-state index >= 15 is 9.59 Å². The number of nitrogens with zero attached hydrogens (tertiary/aromatic N) is 3. The number of carbonyl (C=O) groups is 17. The fraction of sp³-hybridized carbons (Fsp3) is 0.481. The first-order valence-corrected chi connectivity index (χ1v) is 38.9. The van der Waals surface area contributed by atoms with Crippen LogP contribution in [0.3, 0.4) is 0 Å². The molecule has 0 bridgehead atoms. The molecule has 18 N–H and O–H groups in total. The van der Waals surface area contributed by atoms with Crippen molar-refractivity contribution in [2.45, 2.75) is 191 Å². The summed E-state index contributed by atoms with van der Waals surface area (Å²) in [5, 5.41) is 47.1. The van der Waals surface area contributed by atoms with Gasteiger partial charge in [-0.15, -0.1) is 11.8 Å². The van der Waals surface area contributed by atoms with Crippen LogP contribution in [-0.4, -0.2) is 249 Å². The molecule has 4 aromatic carbocycles. The Bertz CT molecular complexity index is 4140. The summed E-state index contributed by atoms with van der Waals surface area (Å²) < 4.78 is 0. The monoisotopic (exact) mass is 1610 g/mol. The van der Waals surface area contributed by atoms with Gasteiger partial charge < -0.3 is 95.3 Å². The fourth-order valence-electron chi connectivity index (χ4n) is 13.0. The van der Waals surface area contributed by atoms with Gasteiger partial charge in [0.15, 0.2) is 5.78 Å². The normalized spacial score (nSPS) is 25.3. The predicted octanol–water partition coefficient (Wildman–Crippen LogP) is -3.07. The Morgan fingerprint density at radius 2 is 1.02 bits per heavy atom. The van der Waals surface area contributed by atoms with Crippen LogP contribution >= 0.6 is 11.8 Å². The molecule has 622 valence electrons. The summed E-state index contributed by atoms with van der Waals surface area (Å²) in [5.74, 6) is -19.4. The van der Waals surface area contributed by atoms with Crippen molar-refractivity contribution in [3.8, 4) is 11.1 Å². The smallest absolute Gasteiger partial charge is 0.245 e. The second kappa shape index (κ2) is 44.1. The molecule has 0 aromatic heterocycles.